The highest BCUT2D eigenvalue weighted by molar-refractivity contribution is 7.90. The van der Waals surface area contributed by atoms with Gasteiger partial charge in [0.15, 0.2) is 9.84 Å². The quantitative estimate of drug-likeness (QED) is 0.431. The zero-order chi connectivity index (χ0) is 24.7. The van der Waals surface area contributed by atoms with Crippen molar-refractivity contribution in [3.05, 3.63) is 87.7 Å². The van der Waals surface area contributed by atoms with E-state index in [1.165, 1.54) is 23.5 Å². The minimum atomic E-state index is -3.31. The highest BCUT2D eigenvalue weighted by Gasteiger charge is 2.19. The van der Waals surface area contributed by atoms with Crippen molar-refractivity contribution in [2.45, 2.75) is 24.3 Å². The van der Waals surface area contributed by atoms with Crippen LogP contribution in [0.5, 0.6) is 5.75 Å². The number of sulfone groups is 1. The van der Waals surface area contributed by atoms with Gasteiger partial charge in [0, 0.05) is 16.7 Å². The van der Waals surface area contributed by atoms with Crippen LogP contribution in [0.2, 0.25) is 0 Å². The summed E-state index contributed by atoms with van der Waals surface area (Å²) in [5.74, 6) is -0.253. The van der Waals surface area contributed by atoms with Gasteiger partial charge in [0.1, 0.15) is 11.4 Å². The molecular formula is C25H26N2O5S2. The zero-order valence-corrected chi connectivity index (χ0v) is 20.7. The average Bonchev–Trinajstić information content (AvgIpc) is 3.34. The Hall–Kier alpha value is -3.43. The SMILES string of the molecule is CC[C@H](NC(=O)/C(=C/c1cccs1)NC(=O)c1ccc(OC)cc1)c1ccc(S(C)(=O)=O)cc1. The summed E-state index contributed by atoms with van der Waals surface area (Å²) in [6.07, 6.45) is 3.35. The van der Waals surface area contributed by atoms with Gasteiger partial charge < -0.3 is 15.4 Å². The van der Waals surface area contributed by atoms with Gasteiger partial charge in [-0.15, -0.1) is 11.3 Å². The molecule has 0 radical (unpaired) electrons. The molecule has 0 saturated carbocycles. The molecule has 0 saturated heterocycles. The van der Waals surface area contributed by atoms with Gasteiger partial charge in [-0.3, -0.25) is 9.59 Å². The standard InChI is InChI=1S/C25H26N2O5S2/c1-4-22(17-9-13-21(14-10-17)34(3,30)31)26-25(29)23(16-20-6-5-15-33-20)27-24(28)18-7-11-19(32-2)12-8-18/h5-16,22H,4H2,1-3H3,(H,26,29)(H,27,28)/b23-16-/t22-/m0/s1. The first-order valence-electron chi connectivity index (χ1n) is 10.5. The van der Waals surface area contributed by atoms with Crippen molar-refractivity contribution in [3.8, 4) is 5.75 Å². The fourth-order valence-electron chi connectivity index (χ4n) is 3.22. The number of thiophene rings is 1. The number of hydrogen-bond acceptors (Lipinski definition) is 6. The second-order valence-electron chi connectivity index (χ2n) is 7.53. The van der Waals surface area contributed by atoms with Crippen molar-refractivity contribution in [2.24, 2.45) is 0 Å². The first-order valence-corrected chi connectivity index (χ1v) is 13.3. The molecule has 2 amide bonds. The third-order valence-corrected chi connectivity index (χ3v) is 7.05. The van der Waals surface area contributed by atoms with E-state index in [4.69, 9.17) is 4.74 Å². The number of nitrogens with one attached hydrogen (secondary N) is 2. The molecular weight excluding hydrogens is 472 g/mol. The number of benzene rings is 2. The summed E-state index contributed by atoms with van der Waals surface area (Å²) in [6.45, 7) is 1.91. The Kier molecular flexibility index (Phi) is 8.25. The lowest BCUT2D eigenvalue weighted by molar-refractivity contribution is -0.118. The van der Waals surface area contributed by atoms with Crippen LogP contribution < -0.4 is 15.4 Å². The number of carbonyl (C=O) groups is 2. The van der Waals surface area contributed by atoms with E-state index in [-0.39, 0.29) is 16.6 Å². The van der Waals surface area contributed by atoms with Gasteiger partial charge in [-0.25, -0.2) is 8.42 Å². The van der Waals surface area contributed by atoms with Crippen molar-refractivity contribution in [1.29, 1.82) is 0 Å². The van der Waals surface area contributed by atoms with Crippen molar-refractivity contribution < 1.29 is 22.7 Å². The molecule has 0 aliphatic carbocycles. The Labute approximate surface area is 203 Å². The van der Waals surface area contributed by atoms with E-state index in [0.29, 0.717) is 17.7 Å². The molecule has 9 heteroatoms. The van der Waals surface area contributed by atoms with Crippen LogP contribution in [0.1, 0.15) is 40.2 Å². The maximum Gasteiger partial charge on any atom is 0.268 e. The minimum absolute atomic E-state index is 0.106. The highest BCUT2D eigenvalue weighted by atomic mass is 32.2. The molecule has 0 bridgehead atoms. The monoisotopic (exact) mass is 498 g/mol. The summed E-state index contributed by atoms with van der Waals surface area (Å²) in [6, 6.07) is 16.3. The van der Waals surface area contributed by atoms with Crippen LogP contribution in [0.4, 0.5) is 0 Å². The smallest absolute Gasteiger partial charge is 0.268 e. The van der Waals surface area contributed by atoms with Gasteiger partial charge in [0.05, 0.1) is 18.0 Å². The first-order chi connectivity index (χ1) is 16.2. The van der Waals surface area contributed by atoms with E-state index in [2.05, 4.69) is 10.6 Å². The third kappa shape index (κ3) is 6.55. The molecule has 34 heavy (non-hydrogen) atoms. The number of rotatable bonds is 9. The van der Waals surface area contributed by atoms with E-state index < -0.39 is 21.7 Å². The molecule has 178 valence electrons. The van der Waals surface area contributed by atoms with Crippen LogP contribution in [0.15, 0.2) is 76.6 Å². The topological polar surface area (TPSA) is 102 Å². The van der Waals surface area contributed by atoms with Crippen molar-refractivity contribution in [1.82, 2.24) is 10.6 Å². The minimum Gasteiger partial charge on any atom is -0.497 e. The van der Waals surface area contributed by atoms with Crippen molar-refractivity contribution in [2.75, 3.05) is 13.4 Å². The molecule has 0 unspecified atom stereocenters. The van der Waals surface area contributed by atoms with E-state index in [0.717, 1.165) is 16.7 Å². The molecule has 0 aliphatic rings. The maximum atomic E-state index is 13.2. The Bertz CT molecular complexity index is 1260. The predicted molar refractivity (Wildman–Crippen MR) is 133 cm³/mol. The second kappa shape index (κ2) is 11.1. The maximum absolute atomic E-state index is 13.2. The Morgan fingerprint density at radius 3 is 2.26 bits per heavy atom. The zero-order valence-electron chi connectivity index (χ0n) is 19.1. The van der Waals surface area contributed by atoms with Gasteiger partial charge in [-0.1, -0.05) is 25.1 Å². The summed E-state index contributed by atoms with van der Waals surface area (Å²) >= 11 is 1.44. The van der Waals surface area contributed by atoms with Crippen LogP contribution in [-0.2, 0) is 14.6 Å². The summed E-state index contributed by atoms with van der Waals surface area (Å²) < 4.78 is 28.6. The fourth-order valence-corrected chi connectivity index (χ4v) is 4.50. The Morgan fingerprint density at radius 1 is 1.06 bits per heavy atom. The summed E-state index contributed by atoms with van der Waals surface area (Å²) in [7, 11) is -1.77. The van der Waals surface area contributed by atoms with Gasteiger partial charge >= 0.3 is 0 Å². The van der Waals surface area contributed by atoms with Gasteiger partial charge in [-0.2, -0.15) is 0 Å². The first kappa shape index (κ1) is 25.2. The summed E-state index contributed by atoms with van der Waals surface area (Å²) in [4.78, 5) is 27.0. The van der Waals surface area contributed by atoms with E-state index in [1.807, 2.05) is 24.4 Å². The van der Waals surface area contributed by atoms with Gasteiger partial charge in [-0.05, 0) is 65.9 Å². The van der Waals surface area contributed by atoms with Gasteiger partial charge in [0.2, 0.25) is 0 Å². The van der Waals surface area contributed by atoms with E-state index in [1.54, 1.807) is 49.6 Å². The molecule has 3 aromatic rings. The molecule has 7 nitrogen and oxygen atoms in total. The normalized spacial score (nSPS) is 12.6. The molecule has 1 atom stereocenters. The lowest BCUT2D eigenvalue weighted by Crippen LogP contribution is -2.36. The van der Waals surface area contributed by atoms with E-state index >= 15 is 0 Å². The molecule has 2 N–H and O–H groups in total. The molecule has 2 aromatic carbocycles. The molecule has 0 aliphatic heterocycles. The average molecular weight is 499 g/mol. The highest BCUT2D eigenvalue weighted by Crippen LogP contribution is 2.21. The largest absolute Gasteiger partial charge is 0.497 e. The van der Waals surface area contributed by atoms with Crippen LogP contribution in [-0.4, -0.2) is 33.6 Å². The van der Waals surface area contributed by atoms with Crippen LogP contribution in [0.3, 0.4) is 0 Å². The predicted octanol–water partition coefficient (Wildman–Crippen LogP) is 4.20. The number of ether oxygens (including phenoxy) is 1. The Balaban J connectivity index is 1.82. The molecule has 1 aromatic heterocycles. The van der Waals surface area contributed by atoms with Crippen molar-refractivity contribution in [3.63, 3.8) is 0 Å². The number of methoxy groups -OCH3 is 1. The van der Waals surface area contributed by atoms with Gasteiger partial charge in [0.25, 0.3) is 11.8 Å². The lowest BCUT2D eigenvalue weighted by atomic mass is 10.0. The fraction of sp³-hybridized carbons (Fsp3) is 0.200. The Morgan fingerprint density at radius 2 is 1.74 bits per heavy atom. The summed E-state index contributed by atoms with van der Waals surface area (Å²) in [5.41, 5.74) is 1.25. The number of amides is 2. The molecule has 1 heterocycles. The van der Waals surface area contributed by atoms with Crippen LogP contribution >= 0.6 is 11.3 Å². The van der Waals surface area contributed by atoms with E-state index in [9.17, 15) is 18.0 Å². The number of hydrogen-bond donors (Lipinski definition) is 2. The number of carbonyl (C=O) groups excluding carboxylic acids is 2. The summed E-state index contributed by atoms with van der Waals surface area (Å²) in [5, 5.41) is 7.54. The molecule has 3 rings (SSSR count). The molecule has 0 fully saturated rings. The van der Waals surface area contributed by atoms with Crippen LogP contribution in [0, 0.1) is 0 Å². The lowest BCUT2D eigenvalue weighted by Gasteiger charge is -2.19. The second-order valence-corrected chi connectivity index (χ2v) is 10.5. The third-order valence-electron chi connectivity index (χ3n) is 5.10. The molecule has 0 spiro atoms. The van der Waals surface area contributed by atoms with Crippen LogP contribution in [0.25, 0.3) is 6.08 Å². The van der Waals surface area contributed by atoms with Crippen molar-refractivity contribution >= 4 is 39.1 Å².